The number of carbonyl (C=O) groups excluding carboxylic acids is 1. The van der Waals surface area contributed by atoms with Crippen molar-refractivity contribution in [3.05, 3.63) is 28.3 Å². The summed E-state index contributed by atoms with van der Waals surface area (Å²) >= 11 is 6.57. The number of hydrogen-bond acceptors (Lipinski definition) is 2. The minimum atomic E-state index is -0.119. The van der Waals surface area contributed by atoms with Gasteiger partial charge in [-0.05, 0) is 11.4 Å². The van der Waals surface area contributed by atoms with Crippen LogP contribution in [0.2, 0.25) is 0 Å². The van der Waals surface area contributed by atoms with E-state index in [1.54, 1.807) is 6.07 Å². The lowest BCUT2D eigenvalue weighted by Crippen LogP contribution is -1.89. The topological polar surface area (TPSA) is 17.1 Å². The predicted molar refractivity (Wildman–Crippen MR) is 38.8 cm³/mol. The fourth-order valence-electron chi connectivity index (χ4n) is 0.473. The van der Waals surface area contributed by atoms with Gasteiger partial charge in [0, 0.05) is 0 Å². The Hall–Kier alpha value is -0.340. The number of hydrogen-bond donors (Lipinski definition) is 0. The standard InChI is InChI=1S/C6H4ClOS/c7-4-5(8)6-2-1-3-9-6/h1-4H. The van der Waals surface area contributed by atoms with Crippen LogP contribution in [0.1, 0.15) is 9.67 Å². The Bertz CT molecular complexity index is 193. The molecule has 47 valence electrons. The van der Waals surface area contributed by atoms with Gasteiger partial charge in [-0.15, -0.1) is 22.9 Å². The van der Waals surface area contributed by atoms with Gasteiger partial charge in [0.15, 0.2) is 5.78 Å². The molecular formula is C6H4ClOS. The molecule has 9 heavy (non-hydrogen) atoms. The van der Waals surface area contributed by atoms with Gasteiger partial charge >= 0.3 is 0 Å². The minimum absolute atomic E-state index is 0.119. The molecule has 0 fully saturated rings. The molecule has 1 nitrogen and oxygen atoms in total. The van der Waals surface area contributed by atoms with E-state index in [0.717, 1.165) is 5.88 Å². The molecule has 1 heterocycles. The van der Waals surface area contributed by atoms with Crippen molar-refractivity contribution in [3.63, 3.8) is 0 Å². The Morgan fingerprint density at radius 1 is 1.78 bits per heavy atom. The Labute approximate surface area is 62.3 Å². The average molecular weight is 160 g/mol. The van der Waals surface area contributed by atoms with Gasteiger partial charge in [-0.25, -0.2) is 0 Å². The molecule has 1 aromatic rings. The summed E-state index contributed by atoms with van der Waals surface area (Å²) in [6.07, 6.45) is 0. The van der Waals surface area contributed by atoms with Crippen LogP contribution >= 0.6 is 22.9 Å². The number of ketones is 1. The van der Waals surface area contributed by atoms with Crippen LogP contribution in [-0.4, -0.2) is 5.78 Å². The molecule has 0 spiro atoms. The average Bonchev–Trinajstić information content (AvgIpc) is 2.37. The third-order valence-electron chi connectivity index (χ3n) is 0.863. The summed E-state index contributed by atoms with van der Waals surface area (Å²) in [6.45, 7) is 0. The highest BCUT2D eigenvalue weighted by molar-refractivity contribution is 7.12. The van der Waals surface area contributed by atoms with E-state index in [-0.39, 0.29) is 5.78 Å². The summed E-state index contributed by atoms with van der Waals surface area (Å²) in [7, 11) is 0. The maximum Gasteiger partial charge on any atom is 0.192 e. The van der Waals surface area contributed by atoms with Crippen molar-refractivity contribution in [1.29, 1.82) is 0 Å². The Kier molecular flexibility index (Phi) is 2.25. The van der Waals surface area contributed by atoms with Crippen molar-refractivity contribution in [2.45, 2.75) is 0 Å². The normalized spacial score (nSPS) is 9.44. The summed E-state index contributed by atoms with van der Waals surface area (Å²) < 4.78 is 0. The monoisotopic (exact) mass is 159 g/mol. The van der Waals surface area contributed by atoms with Gasteiger partial charge in [-0.1, -0.05) is 6.07 Å². The molecule has 0 aromatic carbocycles. The van der Waals surface area contributed by atoms with Crippen LogP contribution in [0.4, 0.5) is 0 Å². The van der Waals surface area contributed by atoms with Gasteiger partial charge in [0.2, 0.25) is 0 Å². The zero-order valence-electron chi connectivity index (χ0n) is 4.50. The lowest BCUT2D eigenvalue weighted by atomic mass is 10.4. The smallest absolute Gasteiger partial charge is 0.192 e. The Morgan fingerprint density at radius 2 is 2.56 bits per heavy atom. The van der Waals surface area contributed by atoms with Crippen LogP contribution in [0.25, 0.3) is 0 Å². The molecule has 0 aliphatic carbocycles. The van der Waals surface area contributed by atoms with E-state index in [9.17, 15) is 4.79 Å². The molecule has 0 aliphatic rings. The van der Waals surface area contributed by atoms with Crippen molar-refractivity contribution < 1.29 is 4.79 Å². The molecule has 1 aromatic heterocycles. The molecule has 0 aliphatic heterocycles. The van der Waals surface area contributed by atoms with Gasteiger partial charge in [0.05, 0.1) is 4.88 Å². The first-order valence-corrected chi connectivity index (χ1v) is 3.67. The number of carbonyl (C=O) groups is 1. The minimum Gasteiger partial charge on any atom is -0.292 e. The summed E-state index contributed by atoms with van der Waals surface area (Å²) in [5.41, 5.74) is 0. The second-order valence-electron chi connectivity index (χ2n) is 1.45. The van der Waals surface area contributed by atoms with Crippen LogP contribution in [-0.2, 0) is 0 Å². The van der Waals surface area contributed by atoms with Crippen LogP contribution in [0, 0.1) is 5.88 Å². The fourth-order valence-corrected chi connectivity index (χ4v) is 1.29. The molecule has 0 bridgehead atoms. The van der Waals surface area contributed by atoms with Gasteiger partial charge in [-0.2, -0.15) is 0 Å². The van der Waals surface area contributed by atoms with E-state index < -0.39 is 0 Å². The van der Waals surface area contributed by atoms with E-state index in [1.165, 1.54) is 11.3 Å². The van der Waals surface area contributed by atoms with E-state index in [4.69, 9.17) is 11.6 Å². The second kappa shape index (κ2) is 2.99. The lowest BCUT2D eigenvalue weighted by Gasteiger charge is -1.84. The third kappa shape index (κ3) is 1.53. The maximum atomic E-state index is 10.7. The largest absolute Gasteiger partial charge is 0.292 e. The summed E-state index contributed by atoms with van der Waals surface area (Å²) in [5.74, 6) is 0.929. The molecule has 1 rings (SSSR count). The fraction of sp³-hybridized carbons (Fsp3) is 0. The van der Waals surface area contributed by atoms with Gasteiger partial charge < -0.3 is 0 Å². The highest BCUT2D eigenvalue weighted by Crippen LogP contribution is 2.11. The van der Waals surface area contributed by atoms with Crippen LogP contribution in [0.15, 0.2) is 17.5 Å². The zero-order chi connectivity index (χ0) is 6.69. The molecule has 0 saturated carbocycles. The molecule has 1 radical (unpaired) electrons. The lowest BCUT2D eigenvalue weighted by molar-refractivity contribution is 0.104. The predicted octanol–water partition coefficient (Wildman–Crippen LogP) is 2.33. The maximum absolute atomic E-state index is 10.7. The number of thiophene rings is 1. The first kappa shape index (κ1) is 6.78. The van der Waals surface area contributed by atoms with Gasteiger partial charge in [0.1, 0.15) is 5.88 Å². The van der Waals surface area contributed by atoms with Crippen molar-refractivity contribution in [3.8, 4) is 0 Å². The highest BCUT2D eigenvalue weighted by Gasteiger charge is 2.02. The first-order chi connectivity index (χ1) is 4.34. The molecule has 0 saturated heterocycles. The van der Waals surface area contributed by atoms with E-state index >= 15 is 0 Å². The van der Waals surface area contributed by atoms with E-state index in [2.05, 4.69) is 0 Å². The zero-order valence-corrected chi connectivity index (χ0v) is 6.08. The van der Waals surface area contributed by atoms with Crippen molar-refractivity contribution >= 4 is 28.7 Å². The summed E-state index contributed by atoms with van der Waals surface area (Å²) in [5, 5.41) is 1.84. The SMILES string of the molecule is O=C([CH]Cl)c1cccs1. The van der Waals surface area contributed by atoms with Crippen LogP contribution in [0.3, 0.4) is 0 Å². The first-order valence-electron chi connectivity index (χ1n) is 2.36. The van der Waals surface area contributed by atoms with Crippen LogP contribution < -0.4 is 0 Å². The van der Waals surface area contributed by atoms with Gasteiger partial charge in [0.25, 0.3) is 0 Å². The summed E-state index contributed by atoms with van der Waals surface area (Å²) in [6, 6.07) is 3.56. The molecule has 0 amide bonds. The third-order valence-corrected chi connectivity index (χ3v) is 1.95. The molecule has 0 N–H and O–H groups in total. The molecule has 0 unspecified atom stereocenters. The molecule has 3 heteroatoms. The molecular weight excluding hydrogens is 156 g/mol. The van der Waals surface area contributed by atoms with Crippen molar-refractivity contribution in [1.82, 2.24) is 0 Å². The highest BCUT2D eigenvalue weighted by atomic mass is 35.5. The summed E-state index contributed by atoms with van der Waals surface area (Å²) in [4.78, 5) is 11.4. The van der Waals surface area contributed by atoms with Gasteiger partial charge in [-0.3, -0.25) is 4.79 Å². The van der Waals surface area contributed by atoms with E-state index in [0.29, 0.717) is 4.88 Å². The van der Waals surface area contributed by atoms with Crippen LogP contribution in [0.5, 0.6) is 0 Å². The number of halogens is 1. The Balaban J connectivity index is 2.77. The number of Topliss-reactive ketones (excluding diaryl/α,β-unsaturated/α-hetero) is 1. The Morgan fingerprint density at radius 3 is 3.00 bits per heavy atom. The second-order valence-corrected chi connectivity index (χ2v) is 2.62. The quantitative estimate of drug-likeness (QED) is 0.606. The number of rotatable bonds is 2. The molecule has 0 atom stereocenters. The van der Waals surface area contributed by atoms with E-state index in [1.807, 2.05) is 11.4 Å². The van der Waals surface area contributed by atoms with Crippen molar-refractivity contribution in [2.75, 3.05) is 0 Å². The van der Waals surface area contributed by atoms with Crippen molar-refractivity contribution in [2.24, 2.45) is 0 Å².